The summed E-state index contributed by atoms with van der Waals surface area (Å²) < 4.78 is 1.79. The molecule has 3 rings (SSSR count). The highest BCUT2D eigenvalue weighted by Crippen LogP contribution is 2.35. The van der Waals surface area contributed by atoms with Gasteiger partial charge in [0, 0.05) is 17.8 Å². The van der Waals surface area contributed by atoms with Crippen molar-refractivity contribution in [3.05, 3.63) is 71.0 Å². The normalized spacial score (nSPS) is 12.0. The van der Waals surface area contributed by atoms with Crippen LogP contribution >= 0.6 is 23.4 Å². The van der Waals surface area contributed by atoms with Crippen molar-refractivity contribution in [1.29, 1.82) is 0 Å². The fourth-order valence-corrected chi connectivity index (χ4v) is 3.42. The molecule has 1 aromatic heterocycles. The maximum atomic E-state index is 12.9. The molecule has 128 valence electrons. The second-order valence-electron chi connectivity index (χ2n) is 5.59. The molecule has 0 bridgehead atoms. The number of halogens is 1. The lowest BCUT2D eigenvalue weighted by Crippen LogP contribution is -2.19. The van der Waals surface area contributed by atoms with Crippen LogP contribution < -0.4 is 5.32 Å². The highest BCUT2D eigenvalue weighted by Gasteiger charge is 2.24. The minimum Gasteiger partial charge on any atom is -0.325 e. The largest absolute Gasteiger partial charge is 0.325 e. The number of amides is 1. The lowest BCUT2D eigenvalue weighted by molar-refractivity contribution is -0.115. The zero-order chi connectivity index (χ0) is 17.8. The zero-order valence-electron chi connectivity index (χ0n) is 13.8. The number of benzene rings is 2. The number of nitrogens with zero attached hydrogens (tertiary/aromatic N) is 3. The average Bonchev–Trinajstić information content (AvgIpc) is 3.01. The van der Waals surface area contributed by atoms with Gasteiger partial charge in [0.2, 0.25) is 5.91 Å². The number of hydrogen-bond donors (Lipinski definition) is 1. The quantitative estimate of drug-likeness (QED) is 0.680. The second kappa shape index (κ2) is 7.72. The molecule has 0 spiro atoms. The van der Waals surface area contributed by atoms with Crippen LogP contribution in [0.15, 0.2) is 60.0 Å². The Kier molecular flexibility index (Phi) is 5.40. The number of hydrogen-bond acceptors (Lipinski definition) is 4. The van der Waals surface area contributed by atoms with Crippen LogP contribution in [-0.2, 0) is 11.8 Å². The topological polar surface area (TPSA) is 59.8 Å². The van der Waals surface area contributed by atoms with Gasteiger partial charge in [0.1, 0.15) is 11.6 Å². The Morgan fingerprint density at radius 2 is 2.00 bits per heavy atom. The van der Waals surface area contributed by atoms with E-state index in [1.54, 1.807) is 17.0 Å². The predicted octanol–water partition coefficient (Wildman–Crippen LogP) is 4.25. The van der Waals surface area contributed by atoms with Crippen molar-refractivity contribution in [3.63, 3.8) is 0 Å². The summed E-state index contributed by atoms with van der Waals surface area (Å²) in [5.41, 5.74) is 2.53. The summed E-state index contributed by atoms with van der Waals surface area (Å²) in [6.45, 7) is 1.92. The molecule has 0 aliphatic carbocycles. The maximum Gasteiger partial charge on any atom is 0.242 e. The summed E-state index contributed by atoms with van der Waals surface area (Å²) in [6.07, 6.45) is 1.61. The lowest BCUT2D eigenvalue weighted by atomic mass is 10.1. The number of aromatic nitrogens is 3. The number of aryl methyl sites for hydroxylation is 2. The van der Waals surface area contributed by atoms with Gasteiger partial charge >= 0.3 is 0 Å². The lowest BCUT2D eigenvalue weighted by Gasteiger charge is -2.16. The molecule has 0 fully saturated rings. The summed E-state index contributed by atoms with van der Waals surface area (Å²) in [6, 6.07) is 15.1. The van der Waals surface area contributed by atoms with E-state index in [0.717, 1.165) is 11.1 Å². The minimum atomic E-state index is -0.454. The Bertz CT molecular complexity index is 882. The third-order valence-corrected chi connectivity index (χ3v) is 5.38. The van der Waals surface area contributed by atoms with E-state index in [1.165, 1.54) is 11.8 Å². The van der Waals surface area contributed by atoms with E-state index >= 15 is 0 Å². The average molecular weight is 373 g/mol. The van der Waals surface area contributed by atoms with E-state index in [4.69, 9.17) is 11.6 Å². The number of carbonyl (C=O) groups is 1. The van der Waals surface area contributed by atoms with E-state index in [9.17, 15) is 4.79 Å². The molecule has 1 atom stereocenters. The van der Waals surface area contributed by atoms with Crippen LogP contribution in [0.2, 0.25) is 5.02 Å². The molecule has 1 N–H and O–H groups in total. The van der Waals surface area contributed by atoms with Crippen LogP contribution in [0.5, 0.6) is 0 Å². The smallest absolute Gasteiger partial charge is 0.242 e. The third-order valence-electron chi connectivity index (χ3n) is 3.67. The van der Waals surface area contributed by atoms with E-state index in [-0.39, 0.29) is 5.91 Å². The van der Waals surface area contributed by atoms with Gasteiger partial charge in [-0.05, 0) is 30.2 Å². The zero-order valence-corrected chi connectivity index (χ0v) is 15.4. The van der Waals surface area contributed by atoms with Crippen molar-refractivity contribution in [2.75, 3.05) is 5.32 Å². The minimum absolute atomic E-state index is 0.140. The molecule has 0 aliphatic heterocycles. The fraction of sp³-hybridized carbons (Fsp3) is 0.167. The highest BCUT2D eigenvalue weighted by atomic mass is 35.5. The van der Waals surface area contributed by atoms with Gasteiger partial charge in [0.15, 0.2) is 5.16 Å². The summed E-state index contributed by atoms with van der Waals surface area (Å²) in [7, 11) is 1.85. The van der Waals surface area contributed by atoms with E-state index < -0.39 is 5.25 Å². The standard InChI is InChI=1S/C18H17ClN4OS/c1-12-8-9-14(10-15(12)19)21-17(24)16(13-6-4-3-5-7-13)25-18-22-20-11-23(18)2/h3-11,16H,1-2H3,(H,21,24). The molecule has 1 unspecified atom stereocenters. The molecule has 0 saturated heterocycles. The molecule has 0 aliphatic rings. The first kappa shape index (κ1) is 17.5. The molecule has 0 saturated carbocycles. The summed E-state index contributed by atoms with van der Waals surface area (Å²) in [5.74, 6) is -0.140. The van der Waals surface area contributed by atoms with E-state index in [1.807, 2.05) is 56.4 Å². The monoisotopic (exact) mass is 372 g/mol. The summed E-state index contributed by atoms with van der Waals surface area (Å²) in [4.78, 5) is 12.9. The van der Waals surface area contributed by atoms with E-state index in [2.05, 4.69) is 15.5 Å². The Morgan fingerprint density at radius 3 is 2.64 bits per heavy atom. The molecule has 5 nitrogen and oxygen atoms in total. The molecule has 1 amide bonds. The Balaban J connectivity index is 1.86. The molecule has 3 aromatic rings. The number of thioether (sulfide) groups is 1. The molecular weight excluding hydrogens is 356 g/mol. The van der Waals surface area contributed by atoms with Crippen molar-refractivity contribution in [2.45, 2.75) is 17.3 Å². The Labute approximate surface area is 155 Å². The van der Waals surface area contributed by atoms with Crippen molar-refractivity contribution >= 4 is 35.0 Å². The SMILES string of the molecule is Cc1ccc(NC(=O)C(Sc2nncn2C)c2ccccc2)cc1Cl. The first-order valence-corrected chi connectivity index (χ1v) is 8.93. The summed E-state index contributed by atoms with van der Waals surface area (Å²) >= 11 is 7.51. The number of anilines is 1. The van der Waals surface area contributed by atoms with Gasteiger partial charge in [-0.15, -0.1) is 10.2 Å². The number of rotatable bonds is 5. The van der Waals surface area contributed by atoms with Crippen LogP contribution in [0.1, 0.15) is 16.4 Å². The maximum absolute atomic E-state index is 12.9. The van der Waals surface area contributed by atoms with Crippen LogP contribution in [0.3, 0.4) is 0 Å². The van der Waals surface area contributed by atoms with Gasteiger partial charge in [-0.1, -0.05) is 59.8 Å². The van der Waals surface area contributed by atoms with Crippen LogP contribution in [0, 0.1) is 6.92 Å². The van der Waals surface area contributed by atoms with Gasteiger partial charge < -0.3 is 9.88 Å². The first-order chi connectivity index (χ1) is 12.0. The molecule has 0 radical (unpaired) electrons. The molecule has 7 heteroatoms. The summed E-state index contributed by atoms with van der Waals surface area (Å²) in [5, 5.41) is 11.7. The van der Waals surface area contributed by atoms with Gasteiger partial charge in [0.25, 0.3) is 0 Å². The van der Waals surface area contributed by atoms with Gasteiger partial charge in [-0.2, -0.15) is 0 Å². The van der Waals surface area contributed by atoms with Crippen molar-refractivity contribution in [1.82, 2.24) is 14.8 Å². The van der Waals surface area contributed by atoms with Crippen molar-refractivity contribution in [2.24, 2.45) is 7.05 Å². The molecule has 2 aromatic carbocycles. The van der Waals surface area contributed by atoms with Gasteiger partial charge in [0.05, 0.1) is 0 Å². The third kappa shape index (κ3) is 4.21. The van der Waals surface area contributed by atoms with Crippen LogP contribution in [-0.4, -0.2) is 20.7 Å². The van der Waals surface area contributed by atoms with Gasteiger partial charge in [-0.3, -0.25) is 4.79 Å². The Hall–Kier alpha value is -2.31. The van der Waals surface area contributed by atoms with Crippen molar-refractivity contribution in [3.8, 4) is 0 Å². The Morgan fingerprint density at radius 1 is 1.24 bits per heavy atom. The van der Waals surface area contributed by atoms with Gasteiger partial charge in [-0.25, -0.2) is 0 Å². The number of carbonyl (C=O) groups excluding carboxylic acids is 1. The van der Waals surface area contributed by atoms with Crippen LogP contribution in [0.4, 0.5) is 5.69 Å². The van der Waals surface area contributed by atoms with Crippen molar-refractivity contribution < 1.29 is 4.79 Å². The molecule has 1 heterocycles. The first-order valence-electron chi connectivity index (χ1n) is 7.67. The second-order valence-corrected chi connectivity index (χ2v) is 7.07. The van der Waals surface area contributed by atoms with Crippen LogP contribution in [0.25, 0.3) is 0 Å². The number of nitrogens with one attached hydrogen (secondary N) is 1. The molecule has 25 heavy (non-hydrogen) atoms. The molecular formula is C18H17ClN4OS. The fourth-order valence-electron chi connectivity index (χ4n) is 2.26. The van der Waals surface area contributed by atoms with E-state index in [0.29, 0.717) is 15.9 Å². The predicted molar refractivity (Wildman–Crippen MR) is 101 cm³/mol. The highest BCUT2D eigenvalue weighted by molar-refractivity contribution is 8.00.